The summed E-state index contributed by atoms with van der Waals surface area (Å²) in [7, 11) is 1.77. The number of halogens is 1. The largest absolute Gasteiger partial charge is 0.450 e. The molecule has 11 nitrogen and oxygen atoms in total. The van der Waals surface area contributed by atoms with Crippen LogP contribution in [-0.4, -0.2) is 40.8 Å². The van der Waals surface area contributed by atoms with Crippen LogP contribution in [0.5, 0.6) is 5.75 Å². The van der Waals surface area contributed by atoms with E-state index >= 15 is 0 Å². The van der Waals surface area contributed by atoms with Crippen LogP contribution in [0.1, 0.15) is 36.9 Å². The van der Waals surface area contributed by atoms with Gasteiger partial charge in [-0.1, -0.05) is 18.5 Å². The van der Waals surface area contributed by atoms with Crippen molar-refractivity contribution in [3.8, 4) is 5.75 Å². The SMILES string of the molecule is CC(CO)Cn1cc(C2CC2)cc(Nc2nc3ncc(OC(=CN)c4cnccn4)c(Cl)c3n2C)c1=O. The molecule has 1 unspecified atom stereocenters. The van der Waals surface area contributed by atoms with Crippen LogP contribution in [0, 0.1) is 5.92 Å². The fourth-order valence-electron chi connectivity index (χ4n) is 4.05. The minimum Gasteiger partial charge on any atom is -0.450 e. The molecule has 4 aromatic rings. The zero-order valence-electron chi connectivity index (χ0n) is 20.4. The molecule has 4 heterocycles. The van der Waals surface area contributed by atoms with Crippen molar-refractivity contribution in [3.63, 3.8) is 0 Å². The lowest BCUT2D eigenvalue weighted by Gasteiger charge is -2.15. The van der Waals surface area contributed by atoms with Crippen molar-refractivity contribution < 1.29 is 9.84 Å². The Bertz CT molecular complexity index is 1530. The smallest absolute Gasteiger partial charge is 0.274 e. The molecule has 1 saturated carbocycles. The molecule has 4 N–H and O–H groups in total. The molecule has 0 amide bonds. The molecule has 0 bridgehead atoms. The van der Waals surface area contributed by atoms with Crippen molar-refractivity contribution in [2.45, 2.75) is 32.2 Å². The van der Waals surface area contributed by atoms with E-state index in [2.05, 4.69) is 25.3 Å². The van der Waals surface area contributed by atoms with Crippen LogP contribution in [0.3, 0.4) is 0 Å². The summed E-state index contributed by atoms with van der Waals surface area (Å²) >= 11 is 6.71. The first-order valence-electron chi connectivity index (χ1n) is 11.9. The standard InChI is InChI=1S/C25H27ClN8O3/c1-14(13-35)11-34-12-16(15-3-4-15)7-17(24(34)36)31-25-32-23-22(33(25)2)21(26)20(10-30-23)37-19(8-27)18-9-28-5-6-29-18/h5-10,12,14-15,35H,3-4,11,13,27H2,1-2H3,(H,30,31,32). The quantitative estimate of drug-likeness (QED) is 0.282. The number of ether oxygens (including phenoxy) is 1. The fraction of sp³-hybridized carbons (Fsp3) is 0.320. The van der Waals surface area contributed by atoms with Gasteiger partial charge in [-0.3, -0.25) is 9.78 Å². The van der Waals surface area contributed by atoms with Gasteiger partial charge < -0.3 is 30.0 Å². The molecule has 12 heteroatoms. The predicted octanol–water partition coefficient (Wildman–Crippen LogP) is 3.16. The molecule has 1 aliphatic carbocycles. The summed E-state index contributed by atoms with van der Waals surface area (Å²) in [5.74, 6) is 1.32. The lowest BCUT2D eigenvalue weighted by atomic mass is 10.1. The van der Waals surface area contributed by atoms with Gasteiger partial charge in [0.15, 0.2) is 17.2 Å². The molecular formula is C25H27ClN8O3. The van der Waals surface area contributed by atoms with E-state index in [0.29, 0.717) is 41.0 Å². The second kappa shape index (κ2) is 10.2. The molecule has 192 valence electrons. The van der Waals surface area contributed by atoms with Crippen LogP contribution in [0.4, 0.5) is 11.6 Å². The molecule has 1 fully saturated rings. The van der Waals surface area contributed by atoms with E-state index in [0.717, 1.165) is 18.4 Å². The minimum absolute atomic E-state index is 0.0000918. The van der Waals surface area contributed by atoms with Crippen molar-refractivity contribution >= 4 is 40.2 Å². The second-order valence-corrected chi connectivity index (χ2v) is 9.54. The monoisotopic (exact) mass is 522 g/mol. The fourth-order valence-corrected chi connectivity index (χ4v) is 4.35. The number of hydrogen-bond acceptors (Lipinski definition) is 9. The average Bonchev–Trinajstić information content (AvgIpc) is 3.71. The molecule has 5 rings (SSSR count). The Morgan fingerprint density at radius 3 is 2.84 bits per heavy atom. The van der Waals surface area contributed by atoms with Gasteiger partial charge in [-0.15, -0.1) is 0 Å². The third-order valence-electron chi connectivity index (χ3n) is 6.21. The highest BCUT2D eigenvalue weighted by Crippen LogP contribution is 2.40. The summed E-state index contributed by atoms with van der Waals surface area (Å²) in [6.07, 6.45) is 11.4. The number of imidazole rings is 1. The van der Waals surface area contributed by atoms with E-state index in [1.54, 1.807) is 22.4 Å². The maximum absolute atomic E-state index is 13.2. The van der Waals surface area contributed by atoms with E-state index in [1.807, 2.05) is 19.2 Å². The molecule has 0 aliphatic heterocycles. The molecule has 4 aromatic heterocycles. The first kappa shape index (κ1) is 24.7. The highest BCUT2D eigenvalue weighted by atomic mass is 35.5. The van der Waals surface area contributed by atoms with E-state index in [1.165, 1.54) is 24.8 Å². The molecule has 0 radical (unpaired) electrons. The summed E-state index contributed by atoms with van der Waals surface area (Å²) in [4.78, 5) is 30.4. The zero-order valence-corrected chi connectivity index (χ0v) is 21.2. The highest BCUT2D eigenvalue weighted by molar-refractivity contribution is 6.36. The Morgan fingerprint density at radius 2 is 2.16 bits per heavy atom. The predicted molar refractivity (Wildman–Crippen MR) is 141 cm³/mol. The Labute approximate surface area is 217 Å². The number of anilines is 2. The van der Waals surface area contributed by atoms with E-state index in [-0.39, 0.29) is 34.6 Å². The molecule has 0 aromatic carbocycles. The van der Waals surface area contributed by atoms with Crippen LogP contribution in [-0.2, 0) is 13.6 Å². The maximum Gasteiger partial charge on any atom is 0.274 e. The van der Waals surface area contributed by atoms with Crippen LogP contribution < -0.4 is 21.3 Å². The van der Waals surface area contributed by atoms with Gasteiger partial charge in [-0.25, -0.2) is 9.97 Å². The number of aryl methyl sites for hydroxylation is 1. The third-order valence-corrected chi connectivity index (χ3v) is 6.58. The van der Waals surface area contributed by atoms with Crippen LogP contribution in [0.25, 0.3) is 16.9 Å². The summed E-state index contributed by atoms with van der Waals surface area (Å²) in [6, 6.07) is 1.88. The number of nitrogens with one attached hydrogen (secondary N) is 1. The Balaban J connectivity index is 1.49. The van der Waals surface area contributed by atoms with Gasteiger partial charge in [0.1, 0.15) is 21.9 Å². The number of nitrogens with two attached hydrogens (primary N) is 1. The molecule has 0 saturated heterocycles. The zero-order chi connectivity index (χ0) is 26.1. The Hall–Kier alpha value is -3.96. The lowest BCUT2D eigenvalue weighted by molar-refractivity contribution is 0.222. The molecule has 1 aliphatic rings. The topological polar surface area (TPSA) is 146 Å². The number of aromatic nitrogens is 6. The van der Waals surface area contributed by atoms with E-state index in [9.17, 15) is 9.90 Å². The second-order valence-electron chi connectivity index (χ2n) is 9.16. The van der Waals surface area contributed by atoms with Crippen molar-refractivity contribution in [2.75, 3.05) is 11.9 Å². The molecular weight excluding hydrogens is 496 g/mol. The van der Waals surface area contributed by atoms with Crippen LogP contribution >= 0.6 is 11.6 Å². The number of nitrogens with zero attached hydrogens (tertiary/aromatic N) is 6. The number of hydrogen-bond donors (Lipinski definition) is 3. The number of aliphatic hydroxyl groups is 1. The average molecular weight is 523 g/mol. The third kappa shape index (κ3) is 5.00. The maximum atomic E-state index is 13.2. The van der Waals surface area contributed by atoms with Gasteiger partial charge in [-0.05, 0) is 36.3 Å². The van der Waals surface area contributed by atoms with Crippen molar-refractivity contribution in [1.29, 1.82) is 0 Å². The van der Waals surface area contributed by atoms with Gasteiger partial charge in [0.05, 0.1) is 12.4 Å². The summed E-state index contributed by atoms with van der Waals surface area (Å²) in [5, 5.41) is 12.9. The minimum atomic E-state index is -0.193. The molecule has 1 atom stereocenters. The van der Waals surface area contributed by atoms with Crippen molar-refractivity contribution in [3.05, 3.63) is 69.9 Å². The van der Waals surface area contributed by atoms with E-state index in [4.69, 9.17) is 22.1 Å². The van der Waals surface area contributed by atoms with Gasteiger partial charge >= 0.3 is 0 Å². The summed E-state index contributed by atoms with van der Waals surface area (Å²) in [5.41, 5.74) is 8.38. The summed E-state index contributed by atoms with van der Waals surface area (Å²) < 4.78 is 9.28. The molecule has 0 spiro atoms. The van der Waals surface area contributed by atoms with Gasteiger partial charge in [0.25, 0.3) is 5.56 Å². The Morgan fingerprint density at radius 1 is 1.35 bits per heavy atom. The van der Waals surface area contributed by atoms with Crippen LogP contribution in [0.2, 0.25) is 5.02 Å². The van der Waals surface area contributed by atoms with E-state index < -0.39 is 0 Å². The number of pyridine rings is 2. The van der Waals surface area contributed by atoms with Crippen molar-refractivity contribution in [2.24, 2.45) is 18.7 Å². The molecule has 37 heavy (non-hydrogen) atoms. The van der Waals surface area contributed by atoms with Gasteiger partial charge in [-0.2, -0.15) is 4.98 Å². The number of rotatable bonds is 9. The normalized spacial score (nSPS) is 14.6. The Kier molecular flexibility index (Phi) is 6.81. The first-order valence-corrected chi connectivity index (χ1v) is 12.3. The number of aliphatic hydroxyl groups excluding tert-OH is 1. The van der Waals surface area contributed by atoms with Crippen LogP contribution in [0.15, 0.2) is 48.0 Å². The van der Waals surface area contributed by atoms with Gasteiger partial charge in [0.2, 0.25) is 5.95 Å². The van der Waals surface area contributed by atoms with Gasteiger partial charge in [0, 0.05) is 45.0 Å². The first-order chi connectivity index (χ1) is 17.9. The highest BCUT2D eigenvalue weighted by Gasteiger charge is 2.26. The lowest BCUT2D eigenvalue weighted by Crippen LogP contribution is -2.26. The number of fused-ring (bicyclic) bond motifs is 1. The van der Waals surface area contributed by atoms with Crippen molar-refractivity contribution in [1.82, 2.24) is 29.1 Å². The summed E-state index contributed by atoms with van der Waals surface area (Å²) in [6.45, 7) is 2.32.